The van der Waals surface area contributed by atoms with Gasteiger partial charge >= 0.3 is 0 Å². The van der Waals surface area contributed by atoms with Gasteiger partial charge in [0.1, 0.15) is 11.5 Å². The quantitative estimate of drug-likeness (QED) is 0.841. The number of fused-ring (bicyclic) bond motifs is 1. The molecule has 1 amide bonds. The van der Waals surface area contributed by atoms with Gasteiger partial charge in [0.05, 0.1) is 15.7 Å². The van der Waals surface area contributed by atoms with Gasteiger partial charge in [0.2, 0.25) is 0 Å². The Kier molecular flexibility index (Phi) is 2.68. The molecule has 1 aromatic heterocycles. The van der Waals surface area contributed by atoms with Crippen molar-refractivity contribution in [1.82, 2.24) is 10.3 Å². The monoisotopic (exact) mass is 257 g/mol. The number of aromatic nitrogens is 1. The molecule has 0 radical (unpaired) electrons. The third kappa shape index (κ3) is 1.93. The Balaban J connectivity index is 2.00. The molecule has 1 aliphatic heterocycles. The van der Waals surface area contributed by atoms with E-state index in [0.29, 0.717) is 5.70 Å². The van der Waals surface area contributed by atoms with Gasteiger partial charge in [-0.1, -0.05) is 13.0 Å². The molecule has 90 valence electrons. The molecule has 4 nitrogen and oxygen atoms in total. The van der Waals surface area contributed by atoms with Gasteiger partial charge < -0.3 is 5.32 Å². The summed E-state index contributed by atoms with van der Waals surface area (Å²) in [5.74, 6) is 0.598. The minimum absolute atomic E-state index is 0.128. The number of hydrogen-bond donors (Lipinski definition) is 1. The third-order valence-corrected chi connectivity index (χ3v) is 3.53. The second-order valence-corrected chi connectivity index (χ2v) is 4.86. The Labute approximate surface area is 108 Å². The van der Waals surface area contributed by atoms with Crippen LogP contribution in [0.3, 0.4) is 0 Å². The summed E-state index contributed by atoms with van der Waals surface area (Å²) in [5.41, 5.74) is 4.24. The van der Waals surface area contributed by atoms with Crippen molar-refractivity contribution in [3.8, 4) is 0 Å². The molecule has 0 spiro atoms. The molecule has 2 aromatic rings. The van der Waals surface area contributed by atoms with Crippen molar-refractivity contribution in [2.75, 3.05) is 0 Å². The molecule has 1 aromatic carbocycles. The molecule has 3 rings (SSSR count). The minimum Gasteiger partial charge on any atom is -0.309 e. The summed E-state index contributed by atoms with van der Waals surface area (Å²) >= 11 is 1.59. The number of amidine groups is 1. The summed E-state index contributed by atoms with van der Waals surface area (Å²) in [6.45, 7) is 1.96. The molecular weight excluding hydrogens is 246 g/mol. The van der Waals surface area contributed by atoms with Gasteiger partial charge in [-0.25, -0.2) is 9.98 Å². The van der Waals surface area contributed by atoms with Gasteiger partial charge in [-0.2, -0.15) is 0 Å². The highest BCUT2D eigenvalue weighted by Gasteiger charge is 2.18. The van der Waals surface area contributed by atoms with Crippen molar-refractivity contribution in [2.45, 2.75) is 13.3 Å². The molecule has 0 saturated carbocycles. The fraction of sp³-hybridized carbons (Fsp3) is 0.154. The van der Waals surface area contributed by atoms with E-state index in [-0.39, 0.29) is 5.91 Å². The van der Waals surface area contributed by atoms with Crippen molar-refractivity contribution >= 4 is 39.4 Å². The van der Waals surface area contributed by atoms with Crippen LogP contribution in [0.2, 0.25) is 0 Å². The van der Waals surface area contributed by atoms with Crippen LogP contribution < -0.4 is 5.32 Å². The first kappa shape index (κ1) is 11.1. The van der Waals surface area contributed by atoms with Crippen LogP contribution in [0.5, 0.6) is 0 Å². The van der Waals surface area contributed by atoms with Crippen LogP contribution >= 0.6 is 11.3 Å². The zero-order valence-electron chi connectivity index (χ0n) is 9.80. The van der Waals surface area contributed by atoms with E-state index in [1.54, 1.807) is 17.4 Å². The number of hydrogen-bond acceptors (Lipinski definition) is 4. The van der Waals surface area contributed by atoms with E-state index in [2.05, 4.69) is 15.3 Å². The topological polar surface area (TPSA) is 54.4 Å². The summed E-state index contributed by atoms with van der Waals surface area (Å²) in [7, 11) is 0. The second kappa shape index (κ2) is 4.34. The van der Waals surface area contributed by atoms with Crippen molar-refractivity contribution in [3.05, 3.63) is 35.0 Å². The smallest absolute Gasteiger partial charge is 0.275 e. The minimum atomic E-state index is -0.128. The van der Waals surface area contributed by atoms with Crippen LogP contribution in [-0.2, 0) is 4.79 Å². The van der Waals surface area contributed by atoms with Crippen molar-refractivity contribution < 1.29 is 4.79 Å². The first-order valence-corrected chi connectivity index (χ1v) is 6.58. The number of aliphatic imine (C=N–C) groups is 1. The first-order chi connectivity index (χ1) is 8.76. The average Bonchev–Trinajstić information content (AvgIpc) is 2.96. The van der Waals surface area contributed by atoms with Gasteiger partial charge in [0.15, 0.2) is 0 Å². The standard InChI is InChI=1S/C13H11N3OS/c1-2-12-15-10(13(17)16-12)5-8-3-4-9-11(6-8)18-7-14-9/h3-7H,2H2,1H3,(H,15,16,17)/b10-5-. The molecule has 5 heteroatoms. The Bertz CT molecular complexity index is 684. The number of carbonyl (C=O) groups excluding carboxylic acids is 1. The molecule has 0 aliphatic carbocycles. The van der Waals surface area contributed by atoms with Crippen molar-refractivity contribution in [1.29, 1.82) is 0 Å². The van der Waals surface area contributed by atoms with Crippen molar-refractivity contribution in [2.24, 2.45) is 4.99 Å². The third-order valence-electron chi connectivity index (χ3n) is 2.74. The molecule has 0 fully saturated rings. The van der Waals surface area contributed by atoms with Crippen LogP contribution in [0, 0.1) is 0 Å². The summed E-state index contributed by atoms with van der Waals surface area (Å²) in [4.78, 5) is 20.1. The highest BCUT2D eigenvalue weighted by molar-refractivity contribution is 7.16. The highest BCUT2D eigenvalue weighted by Crippen LogP contribution is 2.21. The maximum atomic E-state index is 11.7. The summed E-state index contributed by atoms with van der Waals surface area (Å²) in [5, 5.41) is 2.74. The van der Waals surface area contributed by atoms with Crippen LogP contribution in [0.25, 0.3) is 16.3 Å². The summed E-state index contributed by atoms with van der Waals surface area (Å²) in [6, 6.07) is 5.92. The van der Waals surface area contributed by atoms with E-state index in [4.69, 9.17) is 0 Å². The van der Waals surface area contributed by atoms with E-state index in [1.165, 1.54) is 0 Å². The number of benzene rings is 1. The normalized spacial score (nSPS) is 17.3. The lowest BCUT2D eigenvalue weighted by Gasteiger charge is -1.95. The van der Waals surface area contributed by atoms with E-state index in [9.17, 15) is 4.79 Å². The van der Waals surface area contributed by atoms with Crippen molar-refractivity contribution in [3.63, 3.8) is 0 Å². The van der Waals surface area contributed by atoms with E-state index >= 15 is 0 Å². The number of rotatable bonds is 2. The van der Waals surface area contributed by atoms with E-state index in [1.807, 2.05) is 30.6 Å². The van der Waals surface area contributed by atoms with Gasteiger partial charge in [0.25, 0.3) is 5.91 Å². The largest absolute Gasteiger partial charge is 0.309 e. The Morgan fingerprint density at radius 1 is 1.44 bits per heavy atom. The molecule has 0 unspecified atom stereocenters. The molecular formula is C13H11N3OS. The predicted molar refractivity (Wildman–Crippen MR) is 73.5 cm³/mol. The van der Waals surface area contributed by atoms with E-state index < -0.39 is 0 Å². The predicted octanol–water partition coefficient (Wildman–Crippen LogP) is 2.58. The number of thiazole rings is 1. The zero-order chi connectivity index (χ0) is 12.5. The fourth-order valence-electron chi connectivity index (χ4n) is 1.80. The molecule has 1 N–H and O–H groups in total. The average molecular weight is 257 g/mol. The Hall–Kier alpha value is -2.01. The molecule has 1 aliphatic rings. The lowest BCUT2D eigenvalue weighted by atomic mass is 10.2. The lowest BCUT2D eigenvalue weighted by Crippen LogP contribution is -2.22. The number of carbonyl (C=O) groups is 1. The molecule has 0 atom stereocenters. The van der Waals surface area contributed by atoms with Gasteiger partial charge in [0, 0.05) is 6.42 Å². The molecule has 18 heavy (non-hydrogen) atoms. The molecule has 2 heterocycles. The fourth-order valence-corrected chi connectivity index (χ4v) is 2.53. The van der Waals surface area contributed by atoms with E-state index in [0.717, 1.165) is 28.0 Å². The number of amides is 1. The Morgan fingerprint density at radius 3 is 3.11 bits per heavy atom. The molecule has 0 saturated heterocycles. The SMILES string of the molecule is CCC1=N/C(=C\c2ccc3ncsc3c2)C(=O)N1. The number of nitrogens with one attached hydrogen (secondary N) is 1. The van der Waals surface area contributed by atoms with Gasteiger partial charge in [-0.3, -0.25) is 4.79 Å². The second-order valence-electron chi connectivity index (χ2n) is 3.98. The maximum Gasteiger partial charge on any atom is 0.275 e. The number of nitrogens with zero attached hydrogens (tertiary/aromatic N) is 2. The molecule has 0 bridgehead atoms. The van der Waals surface area contributed by atoms with Crippen LogP contribution in [0.15, 0.2) is 34.4 Å². The summed E-state index contributed by atoms with van der Waals surface area (Å²) in [6.07, 6.45) is 2.54. The van der Waals surface area contributed by atoms with Crippen LogP contribution in [-0.4, -0.2) is 16.7 Å². The summed E-state index contributed by atoms with van der Waals surface area (Å²) < 4.78 is 1.11. The lowest BCUT2D eigenvalue weighted by molar-refractivity contribution is -0.115. The van der Waals surface area contributed by atoms with Gasteiger partial charge in [-0.15, -0.1) is 11.3 Å². The van der Waals surface area contributed by atoms with Gasteiger partial charge in [-0.05, 0) is 23.8 Å². The highest BCUT2D eigenvalue weighted by atomic mass is 32.1. The maximum absolute atomic E-state index is 11.7. The Morgan fingerprint density at radius 2 is 2.33 bits per heavy atom. The van der Waals surface area contributed by atoms with Crippen LogP contribution in [0.1, 0.15) is 18.9 Å². The van der Waals surface area contributed by atoms with Crippen LogP contribution in [0.4, 0.5) is 0 Å². The zero-order valence-corrected chi connectivity index (χ0v) is 10.6. The first-order valence-electron chi connectivity index (χ1n) is 5.70.